The Hall–Kier alpha value is -3.52. The Bertz CT molecular complexity index is 1210. The average Bonchev–Trinajstić information content (AvgIpc) is 3.50. The molecule has 2 N–H and O–H groups in total. The van der Waals surface area contributed by atoms with Crippen LogP contribution < -0.4 is 10.6 Å². The largest absolute Gasteiger partial charge is 0.354 e. The van der Waals surface area contributed by atoms with Crippen LogP contribution in [-0.2, 0) is 11.2 Å². The van der Waals surface area contributed by atoms with Crippen LogP contribution in [0.15, 0.2) is 60.2 Å². The average molecular weight is 417 g/mol. The third-order valence-corrected chi connectivity index (χ3v) is 6.11. The van der Waals surface area contributed by atoms with Crippen LogP contribution in [-0.4, -0.2) is 39.2 Å². The van der Waals surface area contributed by atoms with Crippen LogP contribution in [0.25, 0.3) is 15.9 Å². The lowest BCUT2D eigenvalue weighted by molar-refractivity contribution is -0.119. The van der Waals surface area contributed by atoms with Crippen LogP contribution in [0, 0.1) is 0 Å². The van der Waals surface area contributed by atoms with Crippen molar-refractivity contribution in [3.63, 3.8) is 0 Å². The highest BCUT2D eigenvalue weighted by molar-refractivity contribution is 7.17. The zero-order chi connectivity index (χ0) is 20.5. The van der Waals surface area contributed by atoms with Crippen molar-refractivity contribution in [2.45, 2.75) is 18.9 Å². The molecule has 1 aliphatic rings. The van der Waals surface area contributed by atoms with Gasteiger partial charge in [-0.05, 0) is 53.3 Å². The van der Waals surface area contributed by atoms with Gasteiger partial charge in [0.1, 0.15) is 5.69 Å². The molecule has 1 atom stereocenters. The maximum atomic E-state index is 12.7. The summed E-state index contributed by atoms with van der Waals surface area (Å²) in [4.78, 5) is 28.6. The number of carbonyl (C=O) groups excluding carboxylic acids is 2. The molecule has 1 unspecified atom stereocenters. The summed E-state index contributed by atoms with van der Waals surface area (Å²) in [6.07, 6.45) is 4.67. The number of nitrogens with zero attached hydrogens (tertiary/aromatic N) is 3. The molecule has 0 saturated carbocycles. The number of rotatable bonds is 5. The molecule has 5 rings (SSSR count). The van der Waals surface area contributed by atoms with Crippen LogP contribution >= 0.6 is 11.3 Å². The van der Waals surface area contributed by atoms with Crippen molar-refractivity contribution in [2.75, 3.05) is 6.54 Å². The van der Waals surface area contributed by atoms with Gasteiger partial charge in [-0.2, -0.15) is 5.10 Å². The summed E-state index contributed by atoms with van der Waals surface area (Å²) in [6, 6.07) is 13.7. The third kappa shape index (κ3) is 3.69. The topological polar surface area (TPSA) is 88.9 Å². The predicted octanol–water partition coefficient (Wildman–Crippen LogP) is 2.69. The molecule has 0 bridgehead atoms. The first-order chi connectivity index (χ1) is 14.7. The quantitative estimate of drug-likeness (QED) is 0.523. The van der Waals surface area contributed by atoms with Gasteiger partial charge in [0.05, 0.1) is 21.9 Å². The summed E-state index contributed by atoms with van der Waals surface area (Å²) >= 11 is 1.63. The van der Waals surface area contributed by atoms with Crippen molar-refractivity contribution in [2.24, 2.45) is 0 Å². The molecule has 0 spiro atoms. The van der Waals surface area contributed by atoms with Crippen LogP contribution in [0.1, 0.15) is 28.0 Å². The summed E-state index contributed by atoms with van der Waals surface area (Å²) in [5.74, 6) is -0.291. The van der Waals surface area contributed by atoms with Gasteiger partial charge in [-0.25, -0.2) is 9.67 Å². The van der Waals surface area contributed by atoms with E-state index in [4.69, 9.17) is 0 Å². The molecule has 2 amide bonds. The van der Waals surface area contributed by atoms with E-state index < -0.39 is 0 Å². The highest BCUT2D eigenvalue weighted by Crippen LogP contribution is 2.27. The van der Waals surface area contributed by atoms with E-state index >= 15 is 0 Å². The van der Waals surface area contributed by atoms with Crippen LogP contribution in [0.4, 0.5) is 0 Å². The number of amides is 2. The number of carbonyl (C=O) groups is 2. The summed E-state index contributed by atoms with van der Waals surface area (Å²) in [5.41, 5.74) is 4.40. The summed E-state index contributed by atoms with van der Waals surface area (Å²) in [7, 11) is 0. The Kier molecular flexibility index (Phi) is 4.76. The summed E-state index contributed by atoms with van der Waals surface area (Å²) in [5, 5.41) is 11.9. The molecule has 150 valence electrons. The zero-order valence-electron chi connectivity index (χ0n) is 16.0. The van der Waals surface area contributed by atoms with E-state index in [-0.39, 0.29) is 17.9 Å². The van der Waals surface area contributed by atoms with Crippen molar-refractivity contribution < 1.29 is 9.59 Å². The standard InChI is InChI=1S/C22H19N5O2S/c28-20-12-16(13-23-20)25-22(29)19-11-15(21-18(26-19)6-9-30-21)10-14-2-4-17(5-3-14)27-8-1-7-24-27/h1-9,11,16H,10,12-13H2,(H,23,28)(H,25,29). The van der Waals surface area contributed by atoms with Gasteiger partial charge in [0.2, 0.25) is 5.91 Å². The van der Waals surface area contributed by atoms with Gasteiger partial charge in [0, 0.05) is 25.4 Å². The van der Waals surface area contributed by atoms with Crippen LogP contribution in [0.3, 0.4) is 0 Å². The minimum Gasteiger partial charge on any atom is -0.354 e. The van der Waals surface area contributed by atoms with Gasteiger partial charge in [-0.15, -0.1) is 11.3 Å². The molecule has 4 aromatic rings. The molecular weight excluding hydrogens is 398 g/mol. The molecular formula is C22H19N5O2S. The number of nitrogens with one attached hydrogen (secondary N) is 2. The maximum absolute atomic E-state index is 12.7. The Balaban J connectivity index is 1.40. The van der Waals surface area contributed by atoms with Gasteiger partial charge in [-0.1, -0.05) is 12.1 Å². The number of fused-ring (bicyclic) bond motifs is 1. The second-order valence-electron chi connectivity index (χ2n) is 7.27. The molecule has 1 aromatic carbocycles. The van der Waals surface area contributed by atoms with Gasteiger partial charge in [-0.3, -0.25) is 9.59 Å². The fraction of sp³-hybridized carbons (Fsp3) is 0.182. The first-order valence-corrected chi connectivity index (χ1v) is 10.6. The zero-order valence-corrected chi connectivity index (χ0v) is 16.9. The molecule has 1 fully saturated rings. The van der Waals surface area contributed by atoms with Crippen molar-refractivity contribution in [1.29, 1.82) is 0 Å². The molecule has 8 heteroatoms. The number of pyridine rings is 1. The molecule has 3 aromatic heterocycles. The van der Waals surface area contributed by atoms with Crippen LogP contribution in [0.2, 0.25) is 0 Å². The van der Waals surface area contributed by atoms with Crippen molar-refractivity contribution in [1.82, 2.24) is 25.4 Å². The molecule has 4 heterocycles. The van der Waals surface area contributed by atoms with E-state index in [1.54, 1.807) is 17.5 Å². The number of benzene rings is 1. The van der Waals surface area contributed by atoms with E-state index in [0.29, 0.717) is 25.1 Å². The fourth-order valence-corrected chi connectivity index (χ4v) is 4.50. The fourth-order valence-electron chi connectivity index (χ4n) is 3.65. The number of hydrogen-bond donors (Lipinski definition) is 2. The monoisotopic (exact) mass is 417 g/mol. The van der Waals surface area contributed by atoms with Gasteiger partial charge in [0.15, 0.2) is 0 Å². The van der Waals surface area contributed by atoms with Crippen molar-refractivity contribution in [3.8, 4) is 5.69 Å². The highest BCUT2D eigenvalue weighted by Gasteiger charge is 2.24. The normalized spacial score (nSPS) is 16.0. The molecule has 0 radical (unpaired) electrons. The summed E-state index contributed by atoms with van der Waals surface area (Å²) in [6.45, 7) is 0.459. The molecule has 1 aliphatic heterocycles. The number of aromatic nitrogens is 3. The predicted molar refractivity (Wildman–Crippen MR) is 115 cm³/mol. The molecule has 1 saturated heterocycles. The highest BCUT2D eigenvalue weighted by atomic mass is 32.1. The van der Waals surface area contributed by atoms with E-state index in [9.17, 15) is 9.59 Å². The Morgan fingerprint density at radius 3 is 2.87 bits per heavy atom. The minimum absolute atomic E-state index is 0.0409. The smallest absolute Gasteiger partial charge is 0.270 e. The van der Waals surface area contributed by atoms with E-state index in [2.05, 4.69) is 32.8 Å². The lowest BCUT2D eigenvalue weighted by Crippen LogP contribution is -2.36. The summed E-state index contributed by atoms with van der Waals surface area (Å²) < 4.78 is 2.90. The molecule has 7 nitrogen and oxygen atoms in total. The van der Waals surface area contributed by atoms with Gasteiger partial charge >= 0.3 is 0 Å². The lowest BCUT2D eigenvalue weighted by Gasteiger charge is -2.12. The van der Waals surface area contributed by atoms with E-state index in [0.717, 1.165) is 27.0 Å². The molecule has 30 heavy (non-hydrogen) atoms. The number of hydrogen-bond acceptors (Lipinski definition) is 5. The first kappa shape index (κ1) is 18.5. The van der Waals surface area contributed by atoms with Gasteiger partial charge < -0.3 is 10.6 Å². The number of thiophene rings is 1. The van der Waals surface area contributed by atoms with Crippen LogP contribution in [0.5, 0.6) is 0 Å². The van der Waals surface area contributed by atoms with E-state index in [1.807, 2.05) is 46.6 Å². The minimum atomic E-state index is -0.250. The third-order valence-electron chi connectivity index (χ3n) is 5.13. The van der Waals surface area contributed by atoms with Crippen molar-refractivity contribution in [3.05, 3.63) is 77.1 Å². The van der Waals surface area contributed by atoms with E-state index in [1.165, 1.54) is 0 Å². The van der Waals surface area contributed by atoms with Gasteiger partial charge in [0.25, 0.3) is 5.91 Å². The Labute approximate surface area is 176 Å². The first-order valence-electron chi connectivity index (χ1n) is 9.69. The molecule has 0 aliphatic carbocycles. The SMILES string of the molecule is O=C1CC(NC(=O)c2cc(Cc3ccc(-n4cccn4)cc3)c3sccc3n2)CN1. The second-order valence-corrected chi connectivity index (χ2v) is 8.19. The second kappa shape index (κ2) is 7.72. The maximum Gasteiger partial charge on any atom is 0.270 e. The lowest BCUT2D eigenvalue weighted by atomic mass is 10.0. The van der Waals surface area contributed by atoms with Crippen molar-refractivity contribution >= 4 is 33.4 Å². The Morgan fingerprint density at radius 2 is 2.13 bits per heavy atom. The Morgan fingerprint density at radius 1 is 1.27 bits per heavy atom.